The van der Waals surface area contributed by atoms with Gasteiger partial charge in [-0.1, -0.05) is 0 Å². The maximum Gasteiger partial charge on any atom is 0.269 e. The van der Waals surface area contributed by atoms with Gasteiger partial charge in [-0.3, -0.25) is 19.6 Å². The molecule has 0 amide bonds. The van der Waals surface area contributed by atoms with Crippen LogP contribution < -0.4 is 0 Å². The molecule has 120 valence electrons. The molecule has 0 N–H and O–H groups in total. The van der Waals surface area contributed by atoms with E-state index < -0.39 is 4.92 Å². The molecule has 7 heteroatoms. The largest absolute Gasteiger partial charge is 0.457 e. The smallest absolute Gasteiger partial charge is 0.269 e. The second-order valence-electron chi connectivity index (χ2n) is 5.11. The highest BCUT2D eigenvalue weighted by Crippen LogP contribution is 2.25. The number of aromatic nitrogens is 2. The van der Waals surface area contributed by atoms with Crippen LogP contribution in [0.2, 0.25) is 0 Å². The van der Waals surface area contributed by atoms with Crippen LogP contribution in [0.25, 0.3) is 17.4 Å². The lowest BCUT2D eigenvalue weighted by molar-refractivity contribution is -0.384. The molecule has 2 aromatic heterocycles. The predicted octanol–water partition coefficient (Wildman–Crippen LogP) is 3.48. The van der Waals surface area contributed by atoms with Gasteiger partial charge in [0.25, 0.3) is 5.69 Å². The van der Waals surface area contributed by atoms with Crippen LogP contribution in [0.4, 0.5) is 5.69 Å². The number of ketones is 1. The minimum atomic E-state index is -0.454. The van der Waals surface area contributed by atoms with Crippen molar-refractivity contribution in [3.8, 4) is 11.3 Å². The van der Waals surface area contributed by atoms with E-state index in [0.717, 1.165) is 5.56 Å². The summed E-state index contributed by atoms with van der Waals surface area (Å²) in [6.45, 7) is 0. The molecule has 3 rings (SSSR count). The first-order valence-electron chi connectivity index (χ1n) is 7.08. The fourth-order valence-corrected chi connectivity index (χ4v) is 2.15. The topological polar surface area (TPSA) is 91.2 Å². The average molecular weight is 323 g/mol. The number of carbonyl (C=O) groups excluding carboxylic acids is 1. The molecule has 0 unspecified atom stereocenters. The number of hydrogen-bond acceptors (Lipinski definition) is 5. The van der Waals surface area contributed by atoms with Crippen LogP contribution in [-0.4, -0.2) is 20.5 Å². The van der Waals surface area contributed by atoms with Crippen molar-refractivity contribution in [2.45, 2.75) is 0 Å². The van der Waals surface area contributed by atoms with Gasteiger partial charge in [-0.2, -0.15) is 5.10 Å². The Hall–Kier alpha value is -3.48. The minimum absolute atomic E-state index is 0.0208. The van der Waals surface area contributed by atoms with Gasteiger partial charge in [-0.25, -0.2) is 0 Å². The number of nitro benzene ring substituents is 1. The summed E-state index contributed by atoms with van der Waals surface area (Å²) in [6.07, 6.45) is 6.12. The number of nitrogens with zero attached hydrogens (tertiary/aromatic N) is 3. The number of hydrogen-bond donors (Lipinski definition) is 0. The van der Waals surface area contributed by atoms with Crippen LogP contribution >= 0.6 is 0 Å². The van der Waals surface area contributed by atoms with Gasteiger partial charge in [0.2, 0.25) is 0 Å². The van der Waals surface area contributed by atoms with E-state index in [-0.39, 0.29) is 11.5 Å². The second-order valence-corrected chi connectivity index (χ2v) is 5.11. The molecule has 0 aliphatic heterocycles. The summed E-state index contributed by atoms with van der Waals surface area (Å²) in [6, 6.07) is 9.54. The molecule has 0 atom stereocenters. The highest BCUT2D eigenvalue weighted by atomic mass is 16.6. The molecule has 1 aromatic carbocycles. The summed E-state index contributed by atoms with van der Waals surface area (Å²) < 4.78 is 7.19. The van der Waals surface area contributed by atoms with Crippen molar-refractivity contribution in [3.63, 3.8) is 0 Å². The molecule has 3 aromatic rings. The molecule has 7 nitrogen and oxygen atoms in total. The summed E-state index contributed by atoms with van der Waals surface area (Å²) >= 11 is 0. The molecule has 0 radical (unpaired) electrons. The van der Waals surface area contributed by atoms with Crippen LogP contribution in [0, 0.1) is 10.1 Å². The summed E-state index contributed by atoms with van der Waals surface area (Å²) in [5.41, 5.74) is 1.24. The molecule has 0 fully saturated rings. The summed E-state index contributed by atoms with van der Waals surface area (Å²) in [5, 5.41) is 14.6. The van der Waals surface area contributed by atoms with E-state index in [1.54, 1.807) is 48.3 Å². The molecule has 24 heavy (non-hydrogen) atoms. The fourth-order valence-electron chi connectivity index (χ4n) is 2.15. The van der Waals surface area contributed by atoms with Gasteiger partial charge in [-0.05, 0) is 36.4 Å². The van der Waals surface area contributed by atoms with Crippen molar-refractivity contribution < 1.29 is 14.1 Å². The van der Waals surface area contributed by atoms with E-state index in [0.29, 0.717) is 17.1 Å². The van der Waals surface area contributed by atoms with Gasteiger partial charge in [0.15, 0.2) is 5.78 Å². The van der Waals surface area contributed by atoms with E-state index in [1.807, 2.05) is 0 Å². The maximum absolute atomic E-state index is 12.0. The first kappa shape index (κ1) is 15.4. The SMILES string of the molecule is Cn1cc(C(=O)C=Cc2ccc(-c3ccc([N+](=O)[O-])cc3)o2)cn1. The number of benzene rings is 1. The molecule has 0 aliphatic rings. The number of furan rings is 1. The van der Waals surface area contributed by atoms with Crippen molar-refractivity contribution >= 4 is 17.5 Å². The van der Waals surface area contributed by atoms with Gasteiger partial charge < -0.3 is 4.42 Å². The first-order chi connectivity index (χ1) is 11.5. The van der Waals surface area contributed by atoms with Crippen molar-refractivity contribution in [2.75, 3.05) is 0 Å². The average Bonchev–Trinajstić information content (AvgIpc) is 3.22. The monoisotopic (exact) mass is 323 g/mol. The molecular weight excluding hydrogens is 310 g/mol. The Morgan fingerprint density at radius 2 is 2.00 bits per heavy atom. The molecule has 2 heterocycles. The molecular formula is C17H13N3O4. The molecule has 0 bridgehead atoms. The van der Waals surface area contributed by atoms with E-state index in [1.165, 1.54) is 24.4 Å². The van der Waals surface area contributed by atoms with Crippen LogP contribution in [0.3, 0.4) is 0 Å². The quantitative estimate of drug-likeness (QED) is 0.310. The Labute approximate surface area is 137 Å². The predicted molar refractivity (Wildman–Crippen MR) is 87.4 cm³/mol. The van der Waals surface area contributed by atoms with Gasteiger partial charge in [-0.15, -0.1) is 0 Å². The molecule has 0 saturated heterocycles. The third kappa shape index (κ3) is 3.30. The summed E-state index contributed by atoms with van der Waals surface area (Å²) in [4.78, 5) is 22.2. The zero-order valence-electron chi connectivity index (χ0n) is 12.7. The highest BCUT2D eigenvalue weighted by molar-refractivity contribution is 6.06. The Bertz CT molecular complexity index is 919. The highest BCUT2D eigenvalue weighted by Gasteiger charge is 2.08. The standard InChI is InChI=1S/C17H13N3O4/c1-19-11-13(10-18-19)16(21)8-6-15-7-9-17(24-15)12-2-4-14(5-3-12)20(22)23/h2-11H,1H3. The minimum Gasteiger partial charge on any atom is -0.457 e. The third-order valence-corrected chi connectivity index (χ3v) is 3.38. The zero-order chi connectivity index (χ0) is 17.1. The van der Waals surface area contributed by atoms with E-state index in [9.17, 15) is 14.9 Å². The molecule has 0 aliphatic carbocycles. The number of nitro groups is 1. The first-order valence-corrected chi connectivity index (χ1v) is 7.08. The second kappa shape index (κ2) is 6.33. The fraction of sp³-hybridized carbons (Fsp3) is 0.0588. The summed E-state index contributed by atoms with van der Waals surface area (Å²) in [7, 11) is 1.74. The molecule has 0 spiro atoms. The number of non-ortho nitro benzene ring substituents is 1. The van der Waals surface area contributed by atoms with Crippen LogP contribution in [0.5, 0.6) is 0 Å². The Kier molecular flexibility index (Phi) is 4.07. The van der Waals surface area contributed by atoms with Gasteiger partial charge in [0, 0.05) is 30.9 Å². The van der Waals surface area contributed by atoms with Crippen LogP contribution in [0.1, 0.15) is 16.1 Å². The lowest BCUT2D eigenvalue weighted by atomic mass is 10.1. The van der Waals surface area contributed by atoms with Crippen LogP contribution in [0.15, 0.2) is 59.3 Å². The number of carbonyl (C=O) groups is 1. The van der Waals surface area contributed by atoms with Gasteiger partial charge >= 0.3 is 0 Å². The van der Waals surface area contributed by atoms with Crippen molar-refractivity contribution in [3.05, 3.63) is 76.3 Å². The van der Waals surface area contributed by atoms with Crippen LogP contribution in [-0.2, 0) is 7.05 Å². The van der Waals surface area contributed by atoms with Crippen molar-refractivity contribution in [1.82, 2.24) is 9.78 Å². The zero-order valence-corrected chi connectivity index (χ0v) is 12.7. The maximum atomic E-state index is 12.0. The van der Waals surface area contributed by atoms with E-state index in [2.05, 4.69) is 5.10 Å². The Morgan fingerprint density at radius 1 is 1.25 bits per heavy atom. The lowest BCUT2D eigenvalue weighted by Crippen LogP contribution is -1.91. The number of allylic oxidation sites excluding steroid dienone is 1. The van der Waals surface area contributed by atoms with Crippen molar-refractivity contribution in [1.29, 1.82) is 0 Å². The Balaban J connectivity index is 1.74. The Morgan fingerprint density at radius 3 is 2.62 bits per heavy atom. The number of rotatable bonds is 5. The van der Waals surface area contributed by atoms with Gasteiger partial charge in [0.05, 0.1) is 16.7 Å². The van der Waals surface area contributed by atoms with Crippen molar-refractivity contribution in [2.24, 2.45) is 7.05 Å². The summed E-state index contributed by atoms with van der Waals surface area (Å²) in [5.74, 6) is 0.912. The third-order valence-electron chi connectivity index (χ3n) is 3.38. The van der Waals surface area contributed by atoms with Gasteiger partial charge in [0.1, 0.15) is 11.5 Å². The number of aryl methyl sites for hydroxylation is 1. The molecule has 0 saturated carbocycles. The van der Waals surface area contributed by atoms with E-state index >= 15 is 0 Å². The lowest BCUT2D eigenvalue weighted by Gasteiger charge is -1.96. The normalized spacial score (nSPS) is 11.0. The van der Waals surface area contributed by atoms with E-state index in [4.69, 9.17) is 4.42 Å².